The van der Waals surface area contributed by atoms with Gasteiger partial charge in [-0.05, 0) is 45.2 Å². The number of nitrogens with one attached hydrogen (secondary N) is 1. The Hall–Kier alpha value is -1.53. The van der Waals surface area contributed by atoms with Crippen LogP contribution >= 0.6 is 23.2 Å². The minimum absolute atomic E-state index is 0.0801. The highest BCUT2D eigenvalue weighted by Gasteiger charge is 2.35. The van der Waals surface area contributed by atoms with Crippen LogP contribution in [0, 0.1) is 5.82 Å². The standard InChI is InChI=1S/C18H23Cl2FN2O3/c1-18(2,3)26-17(25)22-14(12-5-4-6-13(21)16(12)20)10-23(11-7-8-11)15(24)9-19/h4-6,11,14H,7-10H2,1-3H3,(H,22,25). The van der Waals surface area contributed by atoms with E-state index in [1.807, 2.05) is 0 Å². The van der Waals surface area contributed by atoms with Crippen LogP contribution in [-0.4, -0.2) is 41.0 Å². The molecule has 2 rings (SSSR count). The summed E-state index contributed by atoms with van der Waals surface area (Å²) in [5, 5.41) is 2.61. The van der Waals surface area contributed by atoms with Crippen molar-refractivity contribution in [2.24, 2.45) is 0 Å². The fraction of sp³-hybridized carbons (Fsp3) is 0.556. The van der Waals surface area contributed by atoms with Crippen LogP contribution in [0.2, 0.25) is 5.02 Å². The van der Waals surface area contributed by atoms with Crippen molar-refractivity contribution in [2.75, 3.05) is 12.4 Å². The van der Waals surface area contributed by atoms with Gasteiger partial charge in [-0.15, -0.1) is 11.6 Å². The number of rotatable bonds is 6. The molecule has 1 unspecified atom stereocenters. The number of benzene rings is 1. The molecule has 0 spiro atoms. The Balaban J connectivity index is 2.27. The molecule has 1 aromatic carbocycles. The van der Waals surface area contributed by atoms with Crippen molar-refractivity contribution in [3.63, 3.8) is 0 Å². The lowest BCUT2D eigenvalue weighted by Gasteiger charge is -2.29. The molecule has 1 fully saturated rings. The Kier molecular flexibility index (Phi) is 6.74. The summed E-state index contributed by atoms with van der Waals surface area (Å²) in [6.07, 6.45) is 1.08. The third-order valence-corrected chi connectivity index (χ3v) is 4.48. The highest BCUT2D eigenvalue weighted by molar-refractivity contribution is 6.31. The third-order valence-electron chi connectivity index (χ3n) is 3.85. The number of alkyl carbamates (subject to hydrolysis) is 1. The van der Waals surface area contributed by atoms with Crippen molar-refractivity contribution >= 4 is 35.2 Å². The molecule has 0 bridgehead atoms. The molecule has 1 saturated carbocycles. The molecule has 0 aromatic heterocycles. The number of halogens is 3. The normalized spacial score (nSPS) is 15.3. The highest BCUT2D eigenvalue weighted by Crippen LogP contribution is 2.32. The summed E-state index contributed by atoms with van der Waals surface area (Å²) in [5.41, 5.74) is -0.312. The van der Waals surface area contributed by atoms with E-state index in [1.165, 1.54) is 12.1 Å². The molecular formula is C18H23Cl2FN2O3. The van der Waals surface area contributed by atoms with Crippen LogP contribution in [0.5, 0.6) is 0 Å². The first-order chi connectivity index (χ1) is 12.1. The zero-order valence-corrected chi connectivity index (χ0v) is 16.5. The lowest BCUT2D eigenvalue weighted by atomic mass is 10.1. The highest BCUT2D eigenvalue weighted by atomic mass is 35.5. The first-order valence-corrected chi connectivity index (χ1v) is 9.32. The molecule has 1 aliphatic rings. The van der Waals surface area contributed by atoms with Crippen molar-refractivity contribution in [1.82, 2.24) is 10.2 Å². The van der Waals surface area contributed by atoms with Crippen molar-refractivity contribution < 1.29 is 18.7 Å². The van der Waals surface area contributed by atoms with Gasteiger partial charge >= 0.3 is 6.09 Å². The predicted molar refractivity (Wildman–Crippen MR) is 99.0 cm³/mol. The van der Waals surface area contributed by atoms with Crippen molar-refractivity contribution in [2.45, 2.75) is 51.3 Å². The molecule has 1 atom stereocenters. The van der Waals surface area contributed by atoms with Gasteiger partial charge in [-0.2, -0.15) is 0 Å². The number of alkyl halides is 1. The van der Waals surface area contributed by atoms with Gasteiger partial charge in [-0.3, -0.25) is 4.79 Å². The van der Waals surface area contributed by atoms with Crippen LogP contribution in [0.15, 0.2) is 18.2 Å². The van der Waals surface area contributed by atoms with Gasteiger partial charge in [0.15, 0.2) is 0 Å². The van der Waals surface area contributed by atoms with Crippen LogP contribution in [0.1, 0.15) is 45.2 Å². The maximum Gasteiger partial charge on any atom is 0.408 e. The summed E-state index contributed by atoms with van der Waals surface area (Å²) in [7, 11) is 0. The zero-order chi connectivity index (χ0) is 19.5. The minimum atomic E-state index is -0.721. The lowest BCUT2D eigenvalue weighted by Crippen LogP contribution is -2.44. The Morgan fingerprint density at radius 1 is 1.38 bits per heavy atom. The fourth-order valence-corrected chi connectivity index (χ4v) is 2.99. The summed E-state index contributed by atoms with van der Waals surface area (Å²) in [4.78, 5) is 26.0. The van der Waals surface area contributed by atoms with Gasteiger partial charge in [0.2, 0.25) is 5.91 Å². The molecule has 1 N–H and O–H groups in total. The predicted octanol–water partition coefficient (Wildman–Crippen LogP) is 4.27. The fourth-order valence-electron chi connectivity index (χ4n) is 2.58. The molecule has 1 aromatic rings. The van der Waals surface area contributed by atoms with Crippen LogP contribution in [0.3, 0.4) is 0 Å². The Labute approximate surface area is 162 Å². The number of hydrogen-bond donors (Lipinski definition) is 1. The summed E-state index contributed by atoms with van der Waals surface area (Å²) in [6.45, 7) is 5.36. The SMILES string of the molecule is CC(C)(C)OC(=O)NC(CN(C(=O)CCl)C1CC1)c1cccc(F)c1Cl. The van der Waals surface area contributed by atoms with Crippen LogP contribution < -0.4 is 5.32 Å². The van der Waals surface area contributed by atoms with Crippen molar-refractivity contribution in [3.8, 4) is 0 Å². The molecule has 0 aliphatic heterocycles. The van der Waals surface area contributed by atoms with Gasteiger partial charge < -0.3 is 15.0 Å². The van der Waals surface area contributed by atoms with Gasteiger partial charge in [0.05, 0.1) is 11.1 Å². The average molecular weight is 405 g/mol. The smallest absolute Gasteiger partial charge is 0.408 e. The number of hydrogen-bond acceptors (Lipinski definition) is 3. The second-order valence-electron chi connectivity index (χ2n) is 7.25. The largest absolute Gasteiger partial charge is 0.444 e. The van der Waals surface area contributed by atoms with E-state index in [-0.39, 0.29) is 29.4 Å². The molecule has 0 heterocycles. The number of ether oxygens (including phenoxy) is 1. The molecule has 2 amide bonds. The van der Waals surface area contributed by atoms with Gasteiger partial charge in [0.1, 0.15) is 17.3 Å². The first-order valence-electron chi connectivity index (χ1n) is 8.41. The number of carbonyl (C=O) groups excluding carboxylic acids is 2. The first kappa shape index (κ1) is 20.8. The van der Waals surface area contributed by atoms with E-state index in [1.54, 1.807) is 31.7 Å². The zero-order valence-electron chi connectivity index (χ0n) is 15.0. The van der Waals surface area contributed by atoms with Gasteiger partial charge in [0.25, 0.3) is 0 Å². The summed E-state index contributed by atoms with van der Waals surface area (Å²) in [5.74, 6) is -0.994. The monoisotopic (exact) mass is 404 g/mol. The minimum Gasteiger partial charge on any atom is -0.444 e. The van der Waals surface area contributed by atoms with Crippen LogP contribution in [0.25, 0.3) is 0 Å². The Bertz CT molecular complexity index is 675. The molecule has 8 heteroatoms. The second kappa shape index (κ2) is 8.44. The van der Waals surface area contributed by atoms with E-state index in [0.717, 1.165) is 12.8 Å². The quantitative estimate of drug-likeness (QED) is 0.719. The molecule has 1 aliphatic carbocycles. The summed E-state index contributed by atoms with van der Waals surface area (Å²) in [6, 6.07) is 3.71. The van der Waals surface area contributed by atoms with E-state index in [0.29, 0.717) is 5.56 Å². The summed E-state index contributed by atoms with van der Waals surface area (Å²) >= 11 is 11.8. The summed E-state index contributed by atoms with van der Waals surface area (Å²) < 4.78 is 19.2. The molecule has 0 radical (unpaired) electrons. The molecule has 0 saturated heterocycles. The number of amides is 2. The van der Waals surface area contributed by atoms with E-state index < -0.39 is 23.6 Å². The second-order valence-corrected chi connectivity index (χ2v) is 7.90. The maximum atomic E-state index is 13.9. The third kappa shape index (κ3) is 5.74. The molecule has 144 valence electrons. The van der Waals surface area contributed by atoms with E-state index in [9.17, 15) is 14.0 Å². The number of nitrogens with zero attached hydrogens (tertiary/aromatic N) is 1. The van der Waals surface area contributed by atoms with E-state index in [4.69, 9.17) is 27.9 Å². The Morgan fingerprint density at radius 3 is 2.58 bits per heavy atom. The van der Waals surface area contributed by atoms with Gasteiger partial charge in [-0.25, -0.2) is 9.18 Å². The topological polar surface area (TPSA) is 58.6 Å². The Morgan fingerprint density at radius 2 is 2.04 bits per heavy atom. The molecular weight excluding hydrogens is 382 g/mol. The van der Waals surface area contributed by atoms with E-state index in [2.05, 4.69) is 5.32 Å². The molecule has 26 heavy (non-hydrogen) atoms. The van der Waals surface area contributed by atoms with Gasteiger partial charge in [-0.1, -0.05) is 23.7 Å². The van der Waals surface area contributed by atoms with Crippen molar-refractivity contribution in [1.29, 1.82) is 0 Å². The van der Waals surface area contributed by atoms with Crippen LogP contribution in [-0.2, 0) is 9.53 Å². The van der Waals surface area contributed by atoms with E-state index >= 15 is 0 Å². The van der Waals surface area contributed by atoms with Crippen molar-refractivity contribution in [3.05, 3.63) is 34.6 Å². The van der Waals surface area contributed by atoms with Gasteiger partial charge in [0, 0.05) is 12.6 Å². The van der Waals surface area contributed by atoms with Crippen LogP contribution in [0.4, 0.5) is 9.18 Å². The molecule has 5 nitrogen and oxygen atoms in total. The average Bonchev–Trinajstić information content (AvgIpc) is 3.36. The maximum absolute atomic E-state index is 13.9. The lowest BCUT2D eigenvalue weighted by molar-refractivity contribution is -0.129. The number of carbonyl (C=O) groups is 2.